The van der Waals surface area contributed by atoms with Crippen molar-refractivity contribution < 1.29 is 13.9 Å². The van der Waals surface area contributed by atoms with Crippen molar-refractivity contribution in [3.63, 3.8) is 0 Å². The van der Waals surface area contributed by atoms with E-state index < -0.39 is 5.97 Å². The van der Waals surface area contributed by atoms with E-state index >= 15 is 0 Å². The first kappa shape index (κ1) is 15.4. The molecule has 4 nitrogen and oxygen atoms in total. The SMILES string of the molecule is O=C1OC(c2ccccc2Cl)=N/C1=C\c1ccc(-c2ccccc2)o1. The van der Waals surface area contributed by atoms with Gasteiger partial charge in [-0.05, 0) is 24.3 Å². The maximum Gasteiger partial charge on any atom is 0.363 e. The Bertz CT molecular complexity index is 1000. The van der Waals surface area contributed by atoms with Crippen LogP contribution in [-0.4, -0.2) is 11.9 Å². The molecule has 0 bridgehead atoms. The summed E-state index contributed by atoms with van der Waals surface area (Å²) in [6.45, 7) is 0. The normalized spacial score (nSPS) is 15.3. The van der Waals surface area contributed by atoms with Gasteiger partial charge in [0.1, 0.15) is 11.5 Å². The minimum atomic E-state index is -0.535. The average Bonchev–Trinajstić information content (AvgIpc) is 3.24. The molecule has 2 heterocycles. The first-order chi connectivity index (χ1) is 12.2. The van der Waals surface area contributed by atoms with E-state index in [2.05, 4.69) is 4.99 Å². The number of hydrogen-bond acceptors (Lipinski definition) is 4. The van der Waals surface area contributed by atoms with Gasteiger partial charge in [0.25, 0.3) is 0 Å². The standard InChI is InChI=1S/C20H12ClNO3/c21-16-9-5-4-8-15(16)19-22-17(20(23)25-19)12-14-10-11-18(24-14)13-6-2-1-3-7-13/h1-12H/b17-12-. The number of hydrogen-bond donors (Lipinski definition) is 0. The van der Waals surface area contributed by atoms with Crippen molar-refractivity contribution >= 4 is 29.5 Å². The molecule has 4 rings (SSSR count). The third-order valence-electron chi connectivity index (χ3n) is 3.69. The van der Waals surface area contributed by atoms with Gasteiger partial charge in [-0.15, -0.1) is 0 Å². The molecule has 0 N–H and O–H groups in total. The van der Waals surface area contributed by atoms with Gasteiger partial charge in [0, 0.05) is 11.6 Å². The van der Waals surface area contributed by atoms with E-state index in [9.17, 15) is 4.79 Å². The molecular formula is C20H12ClNO3. The van der Waals surface area contributed by atoms with Gasteiger partial charge in [-0.2, -0.15) is 0 Å². The second kappa shape index (κ2) is 6.42. The minimum absolute atomic E-state index is 0.170. The molecule has 0 spiro atoms. The smallest absolute Gasteiger partial charge is 0.363 e. The monoisotopic (exact) mass is 349 g/mol. The lowest BCUT2D eigenvalue weighted by Crippen LogP contribution is -2.05. The molecule has 1 aliphatic heterocycles. The molecule has 25 heavy (non-hydrogen) atoms. The molecule has 0 atom stereocenters. The van der Waals surface area contributed by atoms with Gasteiger partial charge in [0.05, 0.1) is 10.6 Å². The lowest BCUT2D eigenvalue weighted by molar-refractivity contribution is -0.129. The third kappa shape index (κ3) is 3.12. The largest absolute Gasteiger partial charge is 0.457 e. The van der Waals surface area contributed by atoms with Crippen LogP contribution in [0, 0.1) is 0 Å². The Labute approximate surface area is 149 Å². The topological polar surface area (TPSA) is 51.8 Å². The lowest BCUT2D eigenvalue weighted by Gasteiger charge is -2.00. The molecule has 122 valence electrons. The number of aliphatic imine (C=N–C) groups is 1. The van der Waals surface area contributed by atoms with Crippen LogP contribution < -0.4 is 0 Å². The van der Waals surface area contributed by atoms with Gasteiger partial charge in [0.15, 0.2) is 5.70 Å². The van der Waals surface area contributed by atoms with Crippen molar-refractivity contribution in [1.29, 1.82) is 0 Å². The van der Waals surface area contributed by atoms with Crippen LogP contribution in [-0.2, 0) is 9.53 Å². The fraction of sp³-hybridized carbons (Fsp3) is 0. The molecule has 0 saturated carbocycles. The van der Waals surface area contributed by atoms with Gasteiger partial charge < -0.3 is 9.15 Å². The Morgan fingerprint density at radius 1 is 0.920 bits per heavy atom. The van der Waals surface area contributed by atoms with Gasteiger partial charge >= 0.3 is 5.97 Å². The first-order valence-electron chi connectivity index (χ1n) is 7.63. The summed E-state index contributed by atoms with van der Waals surface area (Å²) in [6, 6.07) is 20.4. The summed E-state index contributed by atoms with van der Waals surface area (Å²) >= 11 is 6.12. The van der Waals surface area contributed by atoms with E-state index in [1.807, 2.05) is 36.4 Å². The number of cyclic esters (lactones) is 1. The zero-order chi connectivity index (χ0) is 17.2. The maximum absolute atomic E-state index is 12.1. The van der Waals surface area contributed by atoms with Crippen molar-refractivity contribution in [2.75, 3.05) is 0 Å². The van der Waals surface area contributed by atoms with E-state index in [0.29, 0.717) is 22.1 Å². The highest BCUT2D eigenvalue weighted by Crippen LogP contribution is 2.26. The van der Waals surface area contributed by atoms with Crippen LogP contribution in [0.5, 0.6) is 0 Å². The van der Waals surface area contributed by atoms with E-state index in [4.69, 9.17) is 20.8 Å². The molecule has 5 heteroatoms. The van der Waals surface area contributed by atoms with Crippen molar-refractivity contribution in [1.82, 2.24) is 0 Å². The van der Waals surface area contributed by atoms with Gasteiger partial charge in [0.2, 0.25) is 5.90 Å². The summed E-state index contributed by atoms with van der Waals surface area (Å²) in [4.78, 5) is 16.3. The van der Waals surface area contributed by atoms with Crippen molar-refractivity contribution in [2.24, 2.45) is 4.99 Å². The Morgan fingerprint density at radius 2 is 1.68 bits per heavy atom. The molecule has 1 aromatic heterocycles. The van der Waals surface area contributed by atoms with Crippen LogP contribution in [0.25, 0.3) is 17.4 Å². The molecule has 0 aliphatic carbocycles. The summed E-state index contributed by atoms with van der Waals surface area (Å²) in [6.07, 6.45) is 1.55. The average molecular weight is 350 g/mol. The molecule has 1 aliphatic rings. The third-order valence-corrected chi connectivity index (χ3v) is 4.02. The zero-order valence-corrected chi connectivity index (χ0v) is 13.7. The highest BCUT2D eigenvalue weighted by Gasteiger charge is 2.25. The van der Waals surface area contributed by atoms with E-state index in [-0.39, 0.29) is 11.6 Å². The van der Waals surface area contributed by atoms with Gasteiger partial charge in [-0.25, -0.2) is 9.79 Å². The van der Waals surface area contributed by atoms with Crippen LogP contribution in [0.3, 0.4) is 0 Å². The van der Waals surface area contributed by atoms with Crippen molar-refractivity contribution in [3.05, 3.63) is 88.8 Å². The first-order valence-corrected chi connectivity index (χ1v) is 8.01. The van der Waals surface area contributed by atoms with Crippen LogP contribution >= 0.6 is 11.6 Å². The van der Waals surface area contributed by atoms with E-state index in [0.717, 1.165) is 5.56 Å². The molecule has 0 fully saturated rings. The number of carbonyl (C=O) groups excluding carboxylic acids is 1. The number of esters is 1. The Hall–Kier alpha value is -3.11. The Kier molecular flexibility index (Phi) is 3.96. The second-order valence-electron chi connectivity index (χ2n) is 5.38. The van der Waals surface area contributed by atoms with Crippen molar-refractivity contribution in [3.8, 4) is 11.3 Å². The quantitative estimate of drug-likeness (QED) is 0.497. The summed E-state index contributed by atoms with van der Waals surface area (Å²) in [5.41, 5.74) is 1.70. The molecule has 0 unspecified atom stereocenters. The van der Waals surface area contributed by atoms with Crippen LogP contribution in [0.1, 0.15) is 11.3 Å². The molecule has 0 saturated heterocycles. The summed E-state index contributed by atoms with van der Waals surface area (Å²) in [7, 11) is 0. The summed E-state index contributed by atoms with van der Waals surface area (Å²) in [5, 5.41) is 0.472. The highest BCUT2D eigenvalue weighted by atomic mass is 35.5. The number of rotatable bonds is 3. The summed E-state index contributed by atoms with van der Waals surface area (Å²) in [5.74, 6) is 0.897. The van der Waals surface area contributed by atoms with Crippen LogP contribution in [0.4, 0.5) is 0 Å². The van der Waals surface area contributed by atoms with Crippen LogP contribution in [0.15, 0.2) is 81.8 Å². The lowest BCUT2D eigenvalue weighted by atomic mass is 10.2. The number of nitrogens with zero attached hydrogens (tertiary/aromatic N) is 1. The zero-order valence-electron chi connectivity index (χ0n) is 13.0. The Morgan fingerprint density at radius 3 is 2.48 bits per heavy atom. The van der Waals surface area contributed by atoms with E-state index in [1.54, 1.807) is 36.4 Å². The molecule has 2 aromatic carbocycles. The molecule has 3 aromatic rings. The highest BCUT2D eigenvalue weighted by molar-refractivity contribution is 6.34. The molecule has 0 amide bonds. The predicted octanol–water partition coefficient (Wildman–Crippen LogP) is 4.94. The molecule has 0 radical (unpaired) electrons. The fourth-order valence-corrected chi connectivity index (χ4v) is 2.70. The second-order valence-corrected chi connectivity index (χ2v) is 5.79. The van der Waals surface area contributed by atoms with Crippen LogP contribution in [0.2, 0.25) is 5.02 Å². The number of ether oxygens (including phenoxy) is 1. The molecular weight excluding hydrogens is 338 g/mol. The number of furan rings is 1. The minimum Gasteiger partial charge on any atom is -0.457 e. The van der Waals surface area contributed by atoms with Gasteiger partial charge in [-0.3, -0.25) is 0 Å². The Balaban J connectivity index is 1.65. The predicted molar refractivity (Wildman–Crippen MR) is 96.2 cm³/mol. The fourth-order valence-electron chi connectivity index (χ4n) is 2.48. The van der Waals surface area contributed by atoms with Gasteiger partial charge in [-0.1, -0.05) is 54.1 Å². The number of carbonyl (C=O) groups is 1. The van der Waals surface area contributed by atoms with E-state index in [1.165, 1.54) is 0 Å². The number of halogens is 1. The number of benzene rings is 2. The maximum atomic E-state index is 12.1. The summed E-state index contributed by atoms with van der Waals surface area (Å²) < 4.78 is 11.0. The van der Waals surface area contributed by atoms with Crippen molar-refractivity contribution in [2.45, 2.75) is 0 Å².